The molecule has 46 heavy (non-hydrogen) atoms. The van der Waals surface area contributed by atoms with E-state index in [0.29, 0.717) is 39.3 Å². The monoisotopic (exact) mass is 663 g/mol. The molecule has 0 aromatic carbocycles. The van der Waals surface area contributed by atoms with Crippen LogP contribution in [0.5, 0.6) is 0 Å². The zero-order valence-corrected chi connectivity index (χ0v) is 29.3. The lowest BCUT2D eigenvalue weighted by Gasteiger charge is -2.45. The molecule has 1 heterocycles. The number of halogens is 1. The Labute approximate surface area is 275 Å². The number of alkyl halides is 1. The van der Waals surface area contributed by atoms with E-state index in [0.717, 1.165) is 12.1 Å². The van der Waals surface area contributed by atoms with Crippen LogP contribution < -0.4 is 5.73 Å². The molecule has 0 bridgehead atoms. The lowest BCUT2D eigenvalue weighted by Crippen LogP contribution is -2.57. The predicted octanol–water partition coefficient (Wildman–Crippen LogP) is 3.67. The number of hydrogen-bond acceptors (Lipinski definition) is 11. The van der Waals surface area contributed by atoms with Crippen LogP contribution in [0.15, 0.2) is 24.9 Å². The van der Waals surface area contributed by atoms with E-state index in [9.17, 15) is 14.6 Å². The highest BCUT2D eigenvalue weighted by molar-refractivity contribution is 4.97. The van der Waals surface area contributed by atoms with E-state index in [1.165, 1.54) is 6.92 Å². The van der Waals surface area contributed by atoms with E-state index in [1.807, 2.05) is 33.9 Å². The third-order valence-corrected chi connectivity index (χ3v) is 8.47. The van der Waals surface area contributed by atoms with Gasteiger partial charge < -0.3 is 49.1 Å². The molecule has 0 fully saturated rings. The summed E-state index contributed by atoms with van der Waals surface area (Å²) in [7, 11) is 1.84. The van der Waals surface area contributed by atoms with Crippen molar-refractivity contribution in [2.24, 2.45) is 18.2 Å². The van der Waals surface area contributed by atoms with Crippen molar-refractivity contribution in [2.45, 2.75) is 103 Å². The van der Waals surface area contributed by atoms with E-state index in [-0.39, 0.29) is 52.7 Å². The Balaban J connectivity index is 2.40. The lowest BCUT2D eigenvalue weighted by atomic mass is 9.78. The van der Waals surface area contributed by atoms with Gasteiger partial charge in [-0.05, 0) is 46.1 Å². The van der Waals surface area contributed by atoms with Crippen LogP contribution in [0.3, 0.4) is 0 Å². The minimum Gasteiger partial charge on any atom is -0.388 e. The van der Waals surface area contributed by atoms with Gasteiger partial charge in [0.25, 0.3) is 0 Å². The molecule has 13 heteroatoms. The molecule has 0 aliphatic carbocycles. The molecule has 0 spiro atoms. The Kier molecular flexibility index (Phi) is 19.8. The number of aliphatic hydroxyl groups is 2. The largest absolute Gasteiger partial charge is 0.388 e. The highest BCUT2D eigenvalue weighted by Crippen LogP contribution is 2.37. The lowest BCUT2D eigenvalue weighted by molar-refractivity contribution is -0.192. The number of aliphatic hydroxyl groups excluding tert-OH is 2. The molecule has 270 valence electrons. The van der Waals surface area contributed by atoms with Gasteiger partial charge in [-0.3, -0.25) is 4.68 Å². The number of ether oxygens (including phenoxy) is 7. The van der Waals surface area contributed by atoms with Crippen molar-refractivity contribution < 1.29 is 47.8 Å². The molecule has 0 saturated heterocycles. The maximum Gasteiger partial charge on any atom is 0.208 e. The van der Waals surface area contributed by atoms with Gasteiger partial charge in [0.2, 0.25) is 5.85 Å². The summed E-state index contributed by atoms with van der Waals surface area (Å²) in [6.45, 7) is 16.9. The van der Waals surface area contributed by atoms with E-state index in [4.69, 9.17) is 38.9 Å². The van der Waals surface area contributed by atoms with Gasteiger partial charge >= 0.3 is 0 Å². The van der Waals surface area contributed by atoms with Gasteiger partial charge in [0, 0.05) is 31.7 Å². The van der Waals surface area contributed by atoms with Crippen LogP contribution in [-0.2, 0) is 46.8 Å². The van der Waals surface area contributed by atoms with Crippen molar-refractivity contribution in [1.29, 1.82) is 0 Å². The molecule has 6 atom stereocenters. The van der Waals surface area contributed by atoms with Gasteiger partial charge in [0.05, 0.1) is 77.4 Å². The van der Waals surface area contributed by atoms with E-state index in [1.54, 1.807) is 23.9 Å². The highest BCUT2D eigenvalue weighted by Gasteiger charge is 2.43. The zero-order chi connectivity index (χ0) is 34.7. The van der Waals surface area contributed by atoms with Crippen molar-refractivity contribution in [3.63, 3.8) is 0 Å². The first-order chi connectivity index (χ1) is 21.6. The van der Waals surface area contributed by atoms with Crippen molar-refractivity contribution in [3.8, 4) is 0 Å². The fourth-order valence-corrected chi connectivity index (χ4v) is 4.24. The van der Waals surface area contributed by atoms with E-state index in [2.05, 4.69) is 18.6 Å². The van der Waals surface area contributed by atoms with Crippen LogP contribution in [0.25, 0.3) is 0 Å². The van der Waals surface area contributed by atoms with Crippen molar-refractivity contribution in [1.82, 2.24) is 9.78 Å². The molecular formula is C33H62FN3O9. The Morgan fingerprint density at radius 2 is 1.52 bits per heavy atom. The Morgan fingerprint density at radius 3 is 2.11 bits per heavy atom. The summed E-state index contributed by atoms with van der Waals surface area (Å²) < 4.78 is 56.3. The van der Waals surface area contributed by atoms with Crippen molar-refractivity contribution >= 4 is 0 Å². The quantitative estimate of drug-likeness (QED) is 0.0655. The van der Waals surface area contributed by atoms with Gasteiger partial charge in [0.15, 0.2) is 0 Å². The number of hydrogen-bond donors (Lipinski definition) is 3. The maximum atomic E-state index is 15.0. The molecule has 1 aromatic rings. The smallest absolute Gasteiger partial charge is 0.208 e. The SMILES string of the molecule is C=CCOCC(O)COCCOC(C)(F)CCOC(C)(N)C(C)(CC)COC(C)(CC)CCOCC(O)COCc1ccnn1C. The average Bonchev–Trinajstić information content (AvgIpc) is 3.41. The van der Waals surface area contributed by atoms with Crippen LogP contribution in [0.4, 0.5) is 4.39 Å². The molecule has 1 aromatic heterocycles. The third kappa shape index (κ3) is 16.5. The van der Waals surface area contributed by atoms with Crippen LogP contribution in [0.2, 0.25) is 0 Å². The molecule has 0 aliphatic rings. The first-order valence-corrected chi connectivity index (χ1v) is 16.3. The van der Waals surface area contributed by atoms with Gasteiger partial charge in [0.1, 0.15) is 17.9 Å². The standard InChI is InChI=1S/C33H62FN3O9/c1-9-16-40-22-28(38)24-42-19-20-44-32(6,34)14-18-45-33(7,35)30(4,10-2)26-46-31(5,11-3)13-17-41-23-29(39)25-43-21-27-12-15-36-37(27)8/h9,12,15,28-29,38-39H,1,10-11,13-14,16-26,35H2,2-8H3. The van der Waals surface area contributed by atoms with Crippen molar-refractivity contribution in [2.75, 3.05) is 66.1 Å². The first-order valence-electron chi connectivity index (χ1n) is 16.3. The van der Waals surface area contributed by atoms with Crippen molar-refractivity contribution in [3.05, 3.63) is 30.6 Å². The van der Waals surface area contributed by atoms with Crippen LogP contribution in [0, 0.1) is 5.41 Å². The summed E-state index contributed by atoms with van der Waals surface area (Å²) in [5, 5.41) is 24.1. The van der Waals surface area contributed by atoms with E-state index < -0.39 is 34.8 Å². The first kappa shape index (κ1) is 42.5. The molecule has 0 amide bonds. The number of nitrogens with two attached hydrogens (primary N) is 1. The van der Waals surface area contributed by atoms with Gasteiger partial charge in [-0.1, -0.05) is 26.8 Å². The van der Waals surface area contributed by atoms with Crippen LogP contribution in [0.1, 0.15) is 72.9 Å². The topological polar surface area (TPSA) is 149 Å². The summed E-state index contributed by atoms with van der Waals surface area (Å²) in [4.78, 5) is 0. The summed E-state index contributed by atoms with van der Waals surface area (Å²) in [6.07, 6.45) is 3.80. The normalized spacial score (nSPS) is 18.7. The molecule has 1 rings (SSSR count). The van der Waals surface area contributed by atoms with E-state index >= 15 is 0 Å². The van der Waals surface area contributed by atoms with Crippen LogP contribution in [-0.4, -0.2) is 115 Å². The van der Waals surface area contributed by atoms with Gasteiger partial charge in [-0.2, -0.15) is 5.10 Å². The second kappa shape index (κ2) is 21.5. The third-order valence-electron chi connectivity index (χ3n) is 8.47. The minimum atomic E-state index is -1.94. The summed E-state index contributed by atoms with van der Waals surface area (Å²) in [5.74, 6) is -1.94. The molecule has 0 aliphatic heterocycles. The fourth-order valence-electron chi connectivity index (χ4n) is 4.24. The second-order valence-electron chi connectivity index (χ2n) is 12.7. The fraction of sp³-hybridized carbons (Fsp3) is 0.848. The second-order valence-corrected chi connectivity index (χ2v) is 12.7. The summed E-state index contributed by atoms with van der Waals surface area (Å²) in [5.41, 5.74) is 5.44. The highest BCUT2D eigenvalue weighted by atomic mass is 19.2. The summed E-state index contributed by atoms with van der Waals surface area (Å²) in [6, 6.07) is 1.87. The Morgan fingerprint density at radius 1 is 0.891 bits per heavy atom. The number of rotatable bonds is 29. The molecule has 4 N–H and O–H groups in total. The Hall–Kier alpha value is -1.52. The van der Waals surface area contributed by atoms with Gasteiger partial charge in [-0.15, -0.1) is 6.58 Å². The number of aromatic nitrogens is 2. The summed E-state index contributed by atoms with van der Waals surface area (Å²) >= 11 is 0. The minimum absolute atomic E-state index is 0.0196. The molecule has 0 saturated carbocycles. The Bertz CT molecular complexity index is 951. The molecular weight excluding hydrogens is 601 g/mol. The van der Waals surface area contributed by atoms with Crippen LogP contribution >= 0.6 is 0 Å². The van der Waals surface area contributed by atoms with Gasteiger partial charge in [-0.25, -0.2) is 4.39 Å². The maximum absolute atomic E-state index is 15.0. The molecule has 12 nitrogen and oxygen atoms in total. The number of nitrogens with zero attached hydrogens (tertiary/aromatic N) is 2. The average molecular weight is 664 g/mol. The predicted molar refractivity (Wildman–Crippen MR) is 174 cm³/mol. The molecule has 6 unspecified atom stereocenters. The zero-order valence-electron chi connectivity index (χ0n) is 29.3. The number of aryl methyl sites for hydroxylation is 1. The molecule has 0 radical (unpaired) electrons.